The van der Waals surface area contributed by atoms with E-state index in [1.807, 2.05) is 0 Å². The summed E-state index contributed by atoms with van der Waals surface area (Å²) in [6, 6.07) is 0.247. The molecular formula is C14H17ClN4O4. The molecule has 9 heteroatoms. The summed E-state index contributed by atoms with van der Waals surface area (Å²) >= 11 is 5.74. The highest BCUT2D eigenvalue weighted by molar-refractivity contribution is 6.30. The van der Waals surface area contributed by atoms with Crippen molar-refractivity contribution in [3.8, 4) is 6.01 Å². The third kappa shape index (κ3) is 4.01. The van der Waals surface area contributed by atoms with Gasteiger partial charge in [-0.2, -0.15) is 0 Å². The zero-order valence-electron chi connectivity index (χ0n) is 12.5. The van der Waals surface area contributed by atoms with Crippen LogP contribution in [0.3, 0.4) is 0 Å². The average Bonchev–Trinajstić information content (AvgIpc) is 2.95. The fourth-order valence-corrected chi connectivity index (χ4v) is 2.70. The topological polar surface area (TPSA) is 84.9 Å². The smallest absolute Gasteiger partial charge is 0.410 e. The summed E-state index contributed by atoms with van der Waals surface area (Å²) in [7, 11) is 0. The summed E-state index contributed by atoms with van der Waals surface area (Å²) in [6.45, 7) is 1.95. The van der Waals surface area contributed by atoms with Crippen LogP contribution in [-0.2, 0) is 9.53 Å². The first kappa shape index (κ1) is 15.8. The first-order valence-corrected chi connectivity index (χ1v) is 7.83. The third-order valence-corrected chi connectivity index (χ3v) is 3.97. The minimum Gasteiger partial charge on any atom is -0.458 e. The molecule has 0 unspecified atom stereocenters. The van der Waals surface area contributed by atoms with Gasteiger partial charge in [0.25, 0.3) is 0 Å². The van der Waals surface area contributed by atoms with Crippen molar-refractivity contribution in [1.29, 1.82) is 0 Å². The van der Waals surface area contributed by atoms with Crippen LogP contribution < -0.4 is 4.74 Å². The molecule has 3 heterocycles. The van der Waals surface area contributed by atoms with E-state index in [0.717, 1.165) is 12.8 Å². The molecular weight excluding hydrogens is 324 g/mol. The molecule has 0 spiro atoms. The Bertz CT molecular complexity index is 583. The van der Waals surface area contributed by atoms with E-state index in [4.69, 9.17) is 21.1 Å². The molecule has 2 aliphatic heterocycles. The van der Waals surface area contributed by atoms with Gasteiger partial charge in [-0.05, 0) is 12.8 Å². The fraction of sp³-hybridized carbons (Fsp3) is 0.571. The first-order chi connectivity index (χ1) is 11.1. The molecule has 23 heavy (non-hydrogen) atoms. The number of halogens is 1. The summed E-state index contributed by atoms with van der Waals surface area (Å²) in [5.74, 6) is -0.103. The number of nitrogens with zero attached hydrogens (tertiary/aromatic N) is 4. The van der Waals surface area contributed by atoms with Gasteiger partial charge in [0.15, 0.2) is 0 Å². The maximum Gasteiger partial charge on any atom is 0.410 e. The van der Waals surface area contributed by atoms with E-state index in [1.54, 1.807) is 4.90 Å². The normalized spacial score (nSPS) is 21.3. The minimum atomic E-state index is -0.433. The van der Waals surface area contributed by atoms with Crippen LogP contribution in [0.2, 0.25) is 5.02 Å². The van der Waals surface area contributed by atoms with Gasteiger partial charge in [-0.15, -0.1) is 0 Å². The number of likely N-dealkylation sites (tertiary alicyclic amines) is 1. The Labute approximate surface area is 138 Å². The fourth-order valence-electron chi connectivity index (χ4n) is 2.60. The Morgan fingerprint density at radius 3 is 2.87 bits per heavy atom. The molecule has 1 atom stereocenters. The van der Waals surface area contributed by atoms with Crippen molar-refractivity contribution in [3.63, 3.8) is 0 Å². The van der Waals surface area contributed by atoms with Gasteiger partial charge in [-0.1, -0.05) is 11.6 Å². The van der Waals surface area contributed by atoms with Crippen molar-refractivity contribution in [3.05, 3.63) is 17.4 Å². The van der Waals surface area contributed by atoms with Crippen LogP contribution in [0.1, 0.15) is 12.8 Å². The van der Waals surface area contributed by atoms with Gasteiger partial charge in [0.1, 0.15) is 19.3 Å². The molecule has 2 amide bonds. The van der Waals surface area contributed by atoms with Crippen LogP contribution in [0.5, 0.6) is 6.01 Å². The van der Waals surface area contributed by atoms with Crippen molar-refractivity contribution < 1.29 is 19.1 Å². The maximum atomic E-state index is 12.3. The van der Waals surface area contributed by atoms with Crippen LogP contribution in [-0.4, -0.2) is 70.7 Å². The summed E-state index contributed by atoms with van der Waals surface area (Å²) < 4.78 is 10.5. The number of cyclic esters (lactones) is 1. The van der Waals surface area contributed by atoms with Gasteiger partial charge in [0.2, 0.25) is 5.91 Å². The zero-order valence-corrected chi connectivity index (χ0v) is 13.2. The van der Waals surface area contributed by atoms with Gasteiger partial charge in [-0.3, -0.25) is 9.69 Å². The quantitative estimate of drug-likeness (QED) is 0.811. The second kappa shape index (κ2) is 6.99. The zero-order chi connectivity index (χ0) is 16.2. The predicted molar refractivity (Wildman–Crippen MR) is 80.2 cm³/mol. The van der Waals surface area contributed by atoms with Crippen LogP contribution >= 0.6 is 11.6 Å². The van der Waals surface area contributed by atoms with Crippen LogP contribution in [0.15, 0.2) is 12.4 Å². The summed E-state index contributed by atoms with van der Waals surface area (Å²) in [5.41, 5.74) is 0. The number of piperidine rings is 1. The van der Waals surface area contributed by atoms with Crippen molar-refractivity contribution in [1.82, 2.24) is 19.8 Å². The van der Waals surface area contributed by atoms with Gasteiger partial charge >= 0.3 is 12.1 Å². The number of aromatic nitrogens is 2. The number of carbonyl (C=O) groups is 2. The average molecular weight is 341 g/mol. The summed E-state index contributed by atoms with van der Waals surface area (Å²) in [4.78, 5) is 34.8. The first-order valence-electron chi connectivity index (χ1n) is 7.45. The number of ether oxygens (including phenoxy) is 2. The van der Waals surface area contributed by atoms with Gasteiger partial charge < -0.3 is 14.4 Å². The van der Waals surface area contributed by atoms with E-state index in [-0.39, 0.29) is 24.6 Å². The molecule has 8 nitrogen and oxygen atoms in total. The van der Waals surface area contributed by atoms with Crippen molar-refractivity contribution >= 4 is 23.6 Å². The molecule has 2 aliphatic rings. The number of hydrogen-bond acceptors (Lipinski definition) is 6. The monoisotopic (exact) mass is 340 g/mol. The Morgan fingerprint density at radius 2 is 2.17 bits per heavy atom. The molecule has 2 fully saturated rings. The van der Waals surface area contributed by atoms with Crippen LogP contribution in [0.25, 0.3) is 0 Å². The van der Waals surface area contributed by atoms with E-state index in [0.29, 0.717) is 31.3 Å². The van der Waals surface area contributed by atoms with Crippen LogP contribution in [0.4, 0.5) is 4.79 Å². The standard InChI is InChI=1S/C14H17ClN4O4/c15-10-6-16-13(17-7-10)23-11-2-1-3-18(8-11)12(20)9-19-4-5-22-14(19)21/h6-7,11H,1-5,8-9H2/t11-/m1/s1. The highest BCUT2D eigenvalue weighted by Crippen LogP contribution is 2.17. The van der Waals surface area contributed by atoms with E-state index in [9.17, 15) is 9.59 Å². The second-order valence-corrected chi connectivity index (χ2v) is 5.88. The van der Waals surface area contributed by atoms with E-state index >= 15 is 0 Å². The number of amides is 2. The largest absolute Gasteiger partial charge is 0.458 e. The Hall–Kier alpha value is -2.09. The number of carbonyl (C=O) groups excluding carboxylic acids is 2. The molecule has 0 radical (unpaired) electrons. The molecule has 124 valence electrons. The highest BCUT2D eigenvalue weighted by atomic mass is 35.5. The molecule has 0 saturated carbocycles. The Balaban J connectivity index is 1.54. The molecule has 0 N–H and O–H groups in total. The van der Waals surface area contributed by atoms with Gasteiger partial charge in [0, 0.05) is 6.54 Å². The van der Waals surface area contributed by atoms with E-state index in [2.05, 4.69) is 9.97 Å². The van der Waals surface area contributed by atoms with Crippen LogP contribution in [0, 0.1) is 0 Å². The van der Waals surface area contributed by atoms with Gasteiger partial charge in [-0.25, -0.2) is 14.8 Å². The van der Waals surface area contributed by atoms with E-state index < -0.39 is 6.09 Å². The van der Waals surface area contributed by atoms with Gasteiger partial charge in [0.05, 0.1) is 30.5 Å². The summed E-state index contributed by atoms with van der Waals surface area (Å²) in [5, 5.41) is 0.440. The lowest BCUT2D eigenvalue weighted by Gasteiger charge is -2.33. The molecule has 1 aromatic rings. The lowest BCUT2D eigenvalue weighted by molar-refractivity contribution is -0.134. The minimum absolute atomic E-state index is 0.0446. The van der Waals surface area contributed by atoms with Crippen molar-refractivity contribution in [2.24, 2.45) is 0 Å². The van der Waals surface area contributed by atoms with E-state index in [1.165, 1.54) is 17.3 Å². The molecule has 0 aromatic carbocycles. The molecule has 0 aliphatic carbocycles. The second-order valence-electron chi connectivity index (χ2n) is 5.44. The predicted octanol–water partition coefficient (Wildman–Crippen LogP) is 0.952. The molecule has 1 aromatic heterocycles. The lowest BCUT2D eigenvalue weighted by atomic mass is 10.1. The number of hydrogen-bond donors (Lipinski definition) is 0. The van der Waals surface area contributed by atoms with Crippen molar-refractivity contribution in [2.75, 3.05) is 32.8 Å². The molecule has 0 bridgehead atoms. The molecule has 2 saturated heterocycles. The lowest BCUT2D eigenvalue weighted by Crippen LogP contribution is -2.48. The SMILES string of the molecule is O=C(CN1CCOC1=O)N1CCC[C@@H](Oc2ncc(Cl)cn2)C1. The highest BCUT2D eigenvalue weighted by Gasteiger charge is 2.30. The van der Waals surface area contributed by atoms with Crippen molar-refractivity contribution in [2.45, 2.75) is 18.9 Å². The third-order valence-electron chi connectivity index (χ3n) is 3.77. The number of rotatable bonds is 4. The Kier molecular flexibility index (Phi) is 4.80. The Morgan fingerprint density at radius 1 is 1.39 bits per heavy atom. The summed E-state index contributed by atoms with van der Waals surface area (Å²) in [6.07, 6.45) is 3.98. The molecule has 3 rings (SSSR count). The maximum absolute atomic E-state index is 12.3.